The van der Waals surface area contributed by atoms with Gasteiger partial charge in [0, 0.05) is 6.92 Å². The van der Waals surface area contributed by atoms with Gasteiger partial charge in [-0.15, -0.1) is 0 Å². The molecule has 1 aliphatic rings. The van der Waals surface area contributed by atoms with Crippen LogP contribution in [0.1, 0.15) is 47.0 Å². The Bertz CT molecular complexity index is 270. The van der Waals surface area contributed by atoms with E-state index >= 15 is 0 Å². The number of ether oxygens (including phenoxy) is 1. The van der Waals surface area contributed by atoms with Crippen molar-refractivity contribution in [1.82, 2.24) is 0 Å². The molecule has 1 rings (SSSR count). The summed E-state index contributed by atoms with van der Waals surface area (Å²) in [6, 6.07) is 0. The highest BCUT2D eigenvalue weighted by atomic mass is 16.5. The summed E-state index contributed by atoms with van der Waals surface area (Å²) in [5, 5.41) is 0. The Labute approximate surface area is 97.5 Å². The lowest BCUT2D eigenvalue weighted by molar-refractivity contribution is -0.162. The third-order valence-corrected chi connectivity index (χ3v) is 3.51. The SMILES string of the molecule is CC(=O)C(=O)O[C@@H]1C[C@H](C)CC[C@@H]1C(C)C. The quantitative estimate of drug-likeness (QED) is 0.548. The molecule has 0 aromatic carbocycles. The van der Waals surface area contributed by atoms with Crippen LogP contribution < -0.4 is 0 Å². The van der Waals surface area contributed by atoms with Crippen LogP contribution in [0.15, 0.2) is 0 Å². The molecule has 0 aromatic heterocycles. The topological polar surface area (TPSA) is 43.4 Å². The number of carbonyl (C=O) groups excluding carboxylic acids is 2. The van der Waals surface area contributed by atoms with Gasteiger partial charge in [-0.1, -0.05) is 27.2 Å². The lowest BCUT2D eigenvalue weighted by Crippen LogP contribution is -2.37. The van der Waals surface area contributed by atoms with Crippen molar-refractivity contribution in [2.24, 2.45) is 17.8 Å². The van der Waals surface area contributed by atoms with E-state index < -0.39 is 11.8 Å². The second-order valence-electron chi connectivity index (χ2n) is 5.33. The Balaban J connectivity index is 2.64. The number of Topliss-reactive ketones (excluding diaryl/α,β-unsaturated/α-hetero) is 1. The van der Waals surface area contributed by atoms with E-state index in [1.54, 1.807) is 0 Å². The Morgan fingerprint density at radius 3 is 2.38 bits per heavy atom. The van der Waals surface area contributed by atoms with Crippen LogP contribution in [0.4, 0.5) is 0 Å². The van der Waals surface area contributed by atoms with Crippen LogP contribution in [0, 0.1) is 17.8 Å². The molecule has 3 atom stereocenters. The molecule has 0 aromatic rings. The summed E-state index contributed by atoms with van der Waals surface area (Å²) in [5.41, 5.74) is 0. The summed E-state index contributed by atoms with van der Waals surface area (Å²) in [4.78, 5) is 22.2. The van der Waals surface area contributed by atoms with Crippen molar-refractivity contribution in [2.75, 3.05) is 0 Å². The molecule has 0 bridgehead atoms. The van der Waals surface area contributed by atoms with E-state index in [2.05, 4.69) is 20.8 Å². The first-order valence-electron chi connectivity index (χ1n) is 6.13. The van der Waals surface area contributed by atoms with Crippen molar-refractivity contribution < 1.29 is 14.3 Å². The van der Waals surface area contributed by atoms with Gasteiger partial charge >= 0.3 is 5.97 Å². The number of carbonyl (C=O) groups is 2. The van der Waals surface area contributed by atoms with Crippen LogP contribution in [-0.2, 0) is 14.3 Å². The monoisotopic (exact) mass is 226 g/mol. The fraction of sp³-hybridized carbons (Fsp3) is 0.846. The molecule has 0 heterocycles. The molecule has 3 nitrogen and oxygen atoms in total. The van der Waals surface area contributed by atoms with Gasteiger partial charge in [-0.05, 0) is 30.6 Å². The highest BCUT2D eigenvalue weighted by Gasteiger charge is 2.33. The minimum Gasteiger partial charge on any atom is -0.456 e. The zero-order chi connectivity index (χ0) is 12.3. The van der Waals surface area contributed by atoms with Crippen LogP contribution in [0.25, 0.3) is 0 Å². The van der Waals surface area contributed by atoms with Gasteiger partial charge in [-0.25, -0.2) is 4.79 Å². The highest BCUT2D eigenvalue weighted by molar-refractivity contribution is 6.32. The van der Waals surface area contributed by atoms with Gasteiger partial charge in [0.05, 0.1) is 0 Å². The number of hydrogen-bond acceptors (Lipinski definition) is 3. The standard InChI is InChI=1S/C13H22O3/c1-8(2)11-6-5-9(3)7-12(11)16-13(15)10(4)14/h8-9,11-12H,5-7H2,1-4H3/t9-,11-,12-/m1/s1. The van der Waals surface area contributed by atoms with Crippen molar-refractivity contribution in [1.29, 1.82) is 0 Å². The van der Waals surface area contributed by atoms with E-state index in [0.29, 0.717) is 17.8 Å². The van der Waals surface area contributed by atoms with E-state index in [9.17, 15) is 9.59 Å². The molecule has 16 heavy (non-hydrogen) atoms. The average molecular weight is 226 g/mol. The predicted octanol–water partition coefficient (Wildman–Crippen LogP) is 2.58. The summed E-state index contributed by atoms with van der Waals surface area (Å²) >= 11 is 0. The minimum atomic E-state index is -0.676. The summed E-state index contributed by atoms with van der Waals surface area (Å²) in [6.07, 6.45) is 3.10. The van der Waals surface area contributed by atoms with Crippen LogP contribution in [0.5, 0.6) is 0 Å². The Morgan fingerprint density at radius 1 is 1.25 bits per heavy atom. The maximum atomic E-state index is 11.3. The van der Waals surface area contributed by atoms with Gasteiger partial charge in [-0.3, -0.25) is 4.79 Å². The second-order valence-corrected chi connectivity index (χ2v) is 5.33. The fourth-order valence-corrected chi connectivity index (χ4v) is 2.47. The van der Waals surface area contributed by atoms with Crippen molar-refractivity contribution in [2.45, 2.75) is 53.1 Å². The van der Waals surface area contributed by atoms with Gasteiger partial charge in [0.1, 0.15) is 6.10 Å². The van der Waals surface area contributed by atoms with Crippen molar-refractivity contribution in [3.63, 3.8) is 0 Å². The molecule has 0 spiro atoms. The number of ketones is 1. The molecule has 0 unspecified atom stereocenters. The smallest absolute Gasteiger partial charge is 0.374 e. The molecule has 0 N–H and O–H groups in total. The summed E-state index contributed by atoms with van der Waals surface area (Å²) in [6.45, 7) is 7.73. The maximum Gasteiger partial charge on any atom is 0.374 e. The van der Waals surface area contributed by atoms with Crippen molar-refractivity contribution in [3.05, 3.63) is 0 Å². The molecule has 3 heteroatoms. The average Bonchev–Trinajstić information content (AvgIpc) is 2.16. The zero-order valence-electron chi connectivity index (χ0n) is 10.7. The lowest BCUT2D eigenvalue weighted by Gasteiger charge is -2.36. The summed E-state index contributed by atoms with van der Waals surface area (Å²) < 4.78 is 5.31. The molecule has 0 aliphatic heterocycles. The van der Waals surface area contributed by atoms with Gasteiger partial charge in [0.15, 0.2) is 0 Å². The normalized spacial score (nSPS) is 30.2. The lowest BCUT2D eigenvalue weighted by atomic mass is 9.75. The first kappa shape index (κ1) is 13.2. The van der Waals surface area contributed by atoms with E-state index in [-0.39, 0.29) is 6.10 Å². The van der Waals surface area contributed by atoms with Gasteiger partial charge in [0.25, 0.3) is 0 Å². The molecule has 92 valence electrons. The molecule has 0 amide bonds. The van der Waals surface area contributed by atoms with Crippen LogP contribution in [0.3, 0.4) is 0 Å². The molecule has 0 radical (unpaired) electrons. The second kappa shape index (κ2) is 5.46. The van der Waals surface area contributed by atoms with E-state index in [1.165, 1.54) is 13.3 Å². The molecule has 1 fully saturated rings. The fourth-order valence-electron chi connectivity index (χ4n) is 2.47. The third kappa shape index (κ3) is 3.32. The van der Waals surface area contributed by atoms with Crippen molar-refractivity contribution >= 4 is 11.8 Å². The Kier molecular flexibility index (Phi) is 4.51. The molecule has 1 aliphatic carbocycles. The third-order valence-electron chi connectivity index (χ3n) is 3.51. The zero-order valence-corrected chi connectivity index (χ0v) is 10.7. The molecular weight excluding hydrogens is 204 g/mol. The van der Waals surface area contributed by atoms with Crippen molar-refractivity contribution in [3.8, 4) is 0 Å². The molecular formula is C13H22O3. The molecule has 0 saturated heterocycles. The first-order chi connectivity index (χ1) is 7.41. The van der Waals surface area contributed by atoms with Crippen LogP contribution in [0.2, 0.25) is 0 Å². The van der Waals surface area contributed by atoms with Gasteiger partial charge in [-0.2, -0.15) is 0 Å². The van der Waals surface area contributed by atoms with Gasteiger partial charge in [0.2, 0.25) is 5.78 Å². The first-order valence-corrected chi connectivity index (χ1v) is 6.13. The van der Waals surface area contributed by atoms with E-state index in [1.807, 2.05) is 0 Å². The Hall–Kier alpha value is -0.860. The van der Waals surface area contributed by atoms with E-state index in [0.717, 1.165) is 12.8 Å². The minimum absolute atomic E-state index is 0.0693. The number of esters is 1. The number of rotatable bonds is 3. The van der Waals surface area contributed by atoms with Crippen LogP contribution >= 0.6 is 0 Å². The molecule has 1 saturated carbocycles. The predicted molar refractivity (Wildman–Crippen MR) is 61.9 cm³/mol. The summed E-state index contributed by atoms with van der Waals surface area (Å²) in [5.74, 6) is 0.307. The maximum absolute atomic E-state index is 11.3. The van der Waals surface area contributed by atoms with Gasteiger partial charge < -0.3 is 4.74 Å². The van der Waals surface area contributed by atoms with Crippen LogP contribution in [-0.4, -0.2) is 17.9 Å². The van der Waals surface area contributed by atoms with E-state index in [4.69, 9.17) is 4.74 Å². The summed E-state index contributed by atoms with van der Waals surface area (Å²) in [7, 11) is 0. The number of hydrogen-bond donors (Lipinski definition) is 0. The Morgan fingerprint density at radius 2 is 1.88 bits per heavy atom. The highest BCUT2D eigenvalue weighted by Crippen LogP contribution is 2.35. The largest absolute Gasteiger partial charge is 0.456 e.